The Hall–Kier alpha value is -2.27. The van der Waals surface area contributed by atoms with Crippen LogP contribution in [0.15, 0.2) is 47.9 Å². The molecule has 1 aliphatic rings. The molecule has 0 spiro atoms. The number of nitrogens with zero attached hydrogens (tertiary/aromatic N) is 1. The second-order valence-electron chi connectivity index (χ2n) is 4.56. The molecule has 5 heteroatoms. The molecule has 1 amide bonds. The zero-order valence-electron chi connectivity index (χ0n) is 10.9. The second kappa shape index (κ2) is 5.02. The van der Waals surface area contributed by atoms with Gasteiger partial charge in [-0.05, 0) is 23.6 Å². The van der Waals surface area contributed by atoms with Crippen molar-refractivity contribution in [1.29, 1.82) is 0 Å². The van der Waals surface area contributed by atoms with Gasteiger partial charge in [-0.15, -0.1) is 11.3 Å². The van der Waals surface area contributed by atoms with Crippen LogP contribution in [0.5, 0.6) is 5.75 Å². The Balaban J connectivity index is 2.02. The molecule has 20 heavy (non-hydrogen) atoms. The SMILES string of the molecule is CC(=O)N1NC(c2cccs2)=C[C@H]1c1ccccc1O. The van der Waals surface area contributed by atoms with Gasteiger partial charge < -0.3 is 5.11 Å². The van der Waals surface area contributed by atoms with E-state index in [9.17, 15) is 9.90 Å². The summed E-state index contributed by atoms with van der Waals surface area (Å²) in [7, 11) is 0. The van der Waals surface area contributed by atoms with Crippen LogP contribution in [0.2, 0.25) is 0 Å². The van der Waals surface area contributed by atoms with E-state index in [-0.39, 0.29) is 17.7 Å². The molecule has 1 atom stereocenters. The Labute approximate surface area is 120 Å². The van der Waals surface area contributed by atoms with E-state index < -0.39 is 0 Å². The first-order valence-electron chi connectivity index (χ1n) is 6.27. The van der Waals surface area contributed by atoms with E-state index >= 15 is 0 Å². The number of nitrogens with one attached hydrogen (secondary N) is 1. The number of phenols is 1. The molecule has 0 saturated heterocycles. The lowest BCUT2D eigenvalue weighted by molar-refractivity contribution is -0.132. The zero-order chi connectivity index (χ0) is 14.1. The van der Waals surface area contributed by atoms with Crippen molar-refractivity contribution in [2.75, 3.05) is 0 Å². The highest BCUT2D eigenvalue weighted by Crippen LogP contribution is 2.36. The maximum atomic E-state index is 11.8. The maximum Gasteiger partial charge on any atom is 0.238 e. The fourth-order valence-corrected chi connectivity index (χ4v) is 2.98. The lowest BCUT2D eigenvalue weighted by Gasteiger charge is -2.24. The topological polar surface area (TPSA) is 52.6 Å². The molecule has 0 aliphatic carbocycles. The minimum atomic E-state index is -0.300. The molecule has 102 valence electrons. The van der Waals surface area contributed by atoms with Crippen molar-refractivity contribution in [2.24, 2.45) is 0 Å². The number of phenolic OH excluding ortho intramolecular Hbond substituents is 1. The van der Waals surface area contributed by atoms with Crippen LogP contribution in [0.25, 0.3) is 5.70 Å². The molecule has 2 aromatic rings. The van der Waals surface area contributed by atoms with E-state index in [1.54, 1.807) is 23.5 Å². The first-order chi connectivity index (χ1) is 9.66. The molecule has 3 rings (SSSR count). The second-order valence-corrected chi connectivity index (χ2v) is 5.51. The largest absolute Gasteiger partial charge is 0.508 e. The molecule has 0 saturated carbocycles. The maximum absolute atomic E-state index is 11.8. The lowest BCUT2D eigenvalue weighted by Crippen LogP contribution is -2.37. The predicted octanol–water partition coefficient (Wildman–Crippen LogP) is 2.90. The summed E-state index contributed by atoms with van der Waals surface area (Å²) in [5.41, 5.74) is 4.71. The number of rotatable bonds is 2. The molecule has 1 aromatic heterocycles. The standard InChI is InChI=1S/C15H14N2O2S/c1-10(18)17-13(11-5-2-3-6-14(11)19)9-12(16-17)15-7-4-8-20-15/h2-9,13,16,19H,1H3/t13-/m0/s1. The van der Waals surface area contributed by atoms with E-state index in [1.807, 2.05) is 35.7 Å². The molecule has 0 fully saturated rings. The Morgan fingerprint density at radius 2 is 2.10 bits per heavy atom. The summed E-state index contributed by atoms with van der Waals surface area (Å²) in [4.78, 5) is 12.9. The summed E-state index contributed by atoms with van der Waals surface area (Å²) in [6, 6.07) is 10.7. The fourth-order valence-electron chi connectivity index (χ4n) is 2.28. The van der Waals surface area contributed by atoms with E-state index in [1.165, 1.54) is 11.9 Å². The Morgan fingerprint density at radius 1 is 1.30 bits per heavy atom. The molecule has 2 heterocycles. The first kappa shape index (κ1) is 12.7. The molecule has 4 nitrogen and oxygen atoms in total. The Morgan fingerprint density at radius 3 is 2.75 bits per heavy atom. The van der Waals surface area contributed by atoms with Gasteiger partial charge in [-0.2, -0.15) is 0 Å². The summed E-state index contributed by atoms with van der Waals surface area (Å²) in [5.74, 6) is 0.0929. The monoisotopic (exact) mass is 286 g/mol. The summed E-state index contributed by atoms with van der Waals surface area (Å²) < 4.78 is 0. The molecule has 1 aliphatic heterocycles. The number of hydrogen-bond acceptors (Lipinski definition) is 4. The van der Waals surface area contributed by atoms with Gasteiger partial charge in [-0.1, -0.05) is 24.3 Å². The number of hydrogen-bond donors (Lipinski definition) is 2. The van der Waals surface area contributed by atoms with Crippen LogP contribution in [0.4, 0.5) is 0 Å². The molecular formula is C15H14N2O2S. The highest BCUT2D eigenvalue weighted by atomic mass is 32.1. The number of aromatic hydroxyl groups is 1. The van der Waals surface area contributed by atoms with Crippen molar-refractivity contribution in [3.63, 3.8) is 0 Å². The van der Waals surface area contributed by atoms with E-state index in [2.05, 4.69) is 5.43 Å². The molecule has 0 radical (unpaired) electrons. The van der Waals surface area contributed by atoms with Gasteiger partial charge in [0.05, 0.1) is 10.6 Å². The van der Waals surface area contributed by atoms with Crippen molar-refractivity contribution in [3.8, 4) is 5.75 Å². The normalized spacial score (nSPS) is 17.8. The van der Waals surface area contributed by atoms with Gasteiger partial charge >= 0.3 is 0 Å². The fraction of sp³-hybridized carbons (Fsp3) is 0.133. The summed E-state index contributed by atoms with van der Waals surface area (Å²) in [6.07, 6.45) is 1.96. The van der Waals surface area contributed by atoms with Gasteiger partial charge in [0.2, 0.25) is 5.91 Å². The summed E-state index contributed by atoms with van der Waals surface area (Å²) in [5, 5.41) is 13.5. The number of amides is 1. The highest BCUT2D eigenvalue weighted by molar-refractivity contribution is 7.11. The van der Waals surface area contributed by atoms with Crippen molar-refractivity contribution in [2.45, 2.75) is 13.0 Å². The minimum absolute atomic E-state index is 0.0962. The Kier molecular flexibility index (Phi) is 3.20. The zero-order valence-corrected chi connectivity index (χ0v) is 11.7. The lowest BCUT2D eigenvalue weighted by atomic mass is 10.0. The van der Waals surface area contributed by atoms with Crippen LogP contribution >= 0.6 is 11.3 Å². The molecular weight excluding hydrogens is 272 g/mol. The van der Waals surface area contributed by atoms with Crippen molar-refractivity contribution < 1.29 is 9.90 Å². The summed E-state index contributed by atoms with van der Waals surface area (Å²) >= 11 is 1.60. The van der Waals surface area contributed by atoms with Crippen LogP contribution in [-0.2, 0) is 4.79 Å². The number of para-hydroxylation sites is 1. The van der Waals surface area contributed by atoms with Crippen molar-refractivity contribution in [3.05, 3.63) is 58.3 Å². The number of thiophene rings is 1. The van der Waals surface area contributed by atoms with Crippen LogP contribution in [0.3, 0.4) is 0 Å². The third kappa shape index (κ3) is 2.16. The van der Waals surface area contributed by atoms with Crippen LogP contribution in [-0.4, -0.2) is 16.0 Å². The molecule has 0 unspecified atom stereocenters. The average molecular weight is 286 g/mol. The van der Waals surface area contributed by atoms with Crippen molar-refractivity contribution in [1.82, 2.24) is 10.4 Å². The van der Waals surface area contributed by atoms with Gasteiger partial charge in [0.1, 0.15) is 11.8 Å². The Bertz CT molecular complexity index is 664. The predicted molar refractivity (Wildman–Crippen MR) is 78.8 cm³/mol. The molecule has 1 aromatic carbocycles. The van der Waals surface area contributed by atoms with E-state index in [0.717, 1.165) is 10.6 Å². The van der Waals surface area contributed by atoms with Crippen LogP contribution in [0, 0.1) is 0 Å². The number of benzene rings is 1. The van der Waals surface area contributed by atoms with Gasteiger partial charge in [-0.3, -0.25) is 10.2 Å². The van der Waals surface area contributed by atoms with Gasteiger partial charge in [0.15, 0.2) is 0 Å². The number of carbonyl (C=O) groups excluding carboxylic acids is 1. The van der Waals surface area contributed by atoms with Gasteiger partial charge in [-0.25, -0.2) is 5.01 Å². The summed E-state index contributed by atoms with van der Waals surface area (Å²) in [6.45, 7) is 1.51. The third-order valence-corrected chi connectivity index (χ3v) is 4.13. The number of hydrazine groups is 1. The average Bonchev–Trinajstić information content (AvgIpc) is 3.08. The highest BCUT2D eigenvalue weighted by Gasteiger charge is 2.30. The van der Waals surface area contributed by atoms with Crippen molar-refractivity contribution >= 4 is 22.9 Å². The third-order valence-electron chi connectivity index (χ3n) is 3.22. The first-order valence-corrected chi connectivity index (χ1v) is 7.15. The van der Waals surface area contributed by atoms with Crippen LogP contribution in [0.1, 0.15) is 23.4 Å². The van der Waals surface area contributed by atoms with Gasteiger partial charge in [0.25, 0.3) is 0 Å². The minimum Gasteiger partial charge on any atom is -0.508 e. The van der Waals surface area contributed by atoms with E-state index in [4.69, 9.17) is 0 Å². The molecule has 2 N–H and O–H groups in total. The molecule has 0 bridgehead atoms. The van der Waals surface area contributed by atoms with E-state index in [0.29, 0.717) is 5.56 Å². The smallest absolute Gasteiger partial charge is 0.238 e. The quantitative estimate of drug-likeness (QED) is 0.892. The van der Waals surface area contributed by atoms with Crippen LogP contribution < -0.4 is 5.43 Å². The van der Waals surface area contributed by atoms with Gasteiger partial charge in [0, 0.05) is 12.5 Å². The number of carbonyl (C=O) groups is 1.